The molecule has 1 heterocycles. The fourth-order valence-corrected chi connectivity index (χ4v) is 2.09. The quantitative estimate of drug-likeness (QED) is 0.860. The summed E-state index contributed by atoms with van der Waals surface area (Å²) >= 11 is 0. The highest BCUT2D eigenvalue weighted by molar-refractivity contribution is 5.87. The number of aliphatic carboxylic acids is 1. The molecule has 100 valence electrons. The van der Waals surface area contributed by atoms with E-state index in [0.29, 0.717) is 12.2 Å². The summed E-state index contributed by atoms with van der Waals surface area (Å²) in [5.41, 5.74) is 7.71. The number of nitrogens with zero attached hydrogens (tertiary/aromatic N) is 1. The average Bonchev–Trinajstić information content (AvgIpc) is 2.43. The van der Waals surface area contributed by atoms with Crippen LogP contribution in [0.25, 0.3) is 10.9 Å². The summed E-state index contributed by atoms with van der Waals surface area (Å²) in [6.45, 7) is 0. The zero-order valence-corrected chi connectivity index (χ0v) is 10.7. The van der Waals surface area contributed by atoms with Gasteiger partial charge < -0.3 is 15.6 Å². The Morgan fingerprint density at radius 2 is 2.26 bits per heavy atom. The Hall–Kier alpha value is -2.14. The minimum absolute atomic E-state index is 0.0505. The van der Waals surface area contributed by atoms with Gasteiger partial charge in [0, 0.05) is 24.0 Å². The number of carbonyl (C=O) groups is 1. The van der Waals surface area contributed by atoms with Gasteiger partial charge in [0.05, 0.1) is 7.11 Å². The van der Waals surface area contributed by atoms with Crippen LogP contribution >= 0.6 is 0 Å². The van der Waals surface area contributed by atoms with Crippen LogP contribution in [-0.2, 0) is 4.79 Å². The number of para-hydroxylation sites is 1. The van der Waals surface area contributed by atoms with Crippen molar-refractivity contribution in [3.8, 4) is 5.75 Å². The summed E-state index contributed by atoms with van der Waals surface area (Å²) < 4.78 is 5.26. The lowest BCUT2D eigenvalue weighted by Gasteiger charge is -2.14. The van der Waals surface area contributed by atoms with Crippen molar-refractivity contribution in [2.45, 2.75) is 18.9 Å². The van der Waals surface area contributed by atoms with Crippen LogP contribution in [0.3, 0.4) is 0 Å². The normalized spacial score (nSPS) is 12.3. The van der Waals surface area contributed by atoms with E-state index in [9.17, 15) is 4.79 Å². The second kappa shape index (κ2) is 5.67. The number of carboxylic acid groups (broad SMARTS) is 1. The molecule has 1 aromatic carbocycles. The van der Waals surface area contributed by atoms with E-state index in [1.54, 1.807) is 13.3 Å². The number of fused-ring (bicyclic) bond motifs is 1. The van der Waals surface area contributed by atoms with Crippen molar-refractivity contribution in [3.05, 3.63) is 36.0 Å². The smallest absolute Gasteiger partial charge is 0.303 e. The first-order valence-electron chi connectivity index (χ1n) is 6.02. The van der Waals surface area contributed by atoms with Gasteiger partial charge in [-0.2, -0.15) is 0 Å². The topological polar surface area (TPSA) is 85.4 Å². The van der Waals surface area contributed by atoms with Gasteiger partial charge in [0.25, 0.3) is 0 Å². The molecule has 19 heavy (non-hydrogen) atoms. The Labute approximate surface area is 111 Å². The van der Waals surface area contributed by atoms with Crippen LogP contribution in [0.15, 0.2) is 30.5 Å². The summed E-state index contributed by atoms with van der Waals surface area (Å²) in [5.74, 6) is -0.156. The van der Waals surface area contributed by atoms with Crippen molar-refractivity contribution in [1.82, 2.24) is 4.98 Å². The second-order valence-corrected chi connectivity index (χ2v) is 4.30. The largest absolute Gasteiger partial charge is 0.494 e. The van der Waals surface area contributed by atoms with E-state index < -0.39 is 5.97 Å². The molecule has 0 aliphatic carbocycles. The summed E-state index contributed by atoms with van der Waals surface area (Å²) in [5, 5.41) is 9.62. The number of nitrogens with two attached hydrogens (primary N) is 1. The Kier molecular flexibility index (Phi) is 3.97. The van der Waals surface area contributed by atoms with Gasteiger partial charge in [-0.3, -0.25) is 9.78 Å². The number of carboxylic acids is 1. The monoisotopic (exact) mass is 260 g/mol. The first-order valence-corrected chi connectivity index (χ1v) is 6.02. The molecule has 3 N–H and O–H groups in total. The third kappa shape index (κ3) is 2.82. The van der Waals surface area contributed by atoms with Crippen LogP contribution < -0.4 is 10.5 Å². The van der Waals surface area contributed by atoms with Crippen LogP contribution in [0.4, 0.5) is 0 Å². The lowest BCUT2D eigenvalue weighted by atomic mass is 9.99. The molecule has 0 aliphatic rings. The van der Waals surface area contributed by atoms with Crippen LogP contribution in [0, 0.1) is 0 Å². The maximum Gasteiger partial charge on any atom is 0.303 e. The van der Waals surface area contributed by atoms with Gasteiger partial charge in [0.2, 0.25) is 0 Å². The highest BCUT2D eigenvalue weighted by Crippen LogP contribution is 2.29. The van der Waals surface area contributed by atoms with Crippen molar-refractivity contribution in [3.63, 3.8) is 0 Å². The minimum atomic E-state index is -0.841. The first kappa shape index (κ1) is 13.3. The minimum Gasteiger partial charge on any atom is -0.494 e. The molecule has 1 atom stereocenters. The van der Waals surface area contributed by atoms with Gasteiger partial charge in [0.1, 0.15) is 11.3 Å². The van der Waals surface area contributed by atoms with E-state index in [1.165, 1.54) is 0 Å². The molecule has 0 bridgehead atoms. The number of methoxy groups -OCH3 is 1. The van der Waals surface area contributed by atoms with Crippen molar-refractivity contribution in [1.29, 1.82) is 0 Å². The number of hydrogen-bond acceptors (Lipinski definition) is 4. The third-order valence-electron chi connectivity index (χ3n) is 3.06. The molecule has 2 rings (SSSR count). The molecule has 5 nitrogen and oxygen atoms in total. The highest BCUT2D eigenvalue weighted by atomic mass is 16.5. The summed E-state index contributed by atoms with van der Waals surface area (Å²) in [4.78, 5) is 14.9. The number of aromatic nitrogens is 1. The van der Waals surface area contributed by atoms with Crippen molar-refractivity contribution >= 4 is 16.9 Å². The third-order valence-corrected chi connectivity index (χ3v) is 3.06. The summed E-state index contributed by atoms with van der Waals surface area (Å²) in [6, 6.07) is 7.13. The Balaban J connectivity index is 2.40. The van der Waals surface area contributed by atoms with Crippen LogP contribution in [0.1, 0.15) is 24.4 Å². The zero-order chi connectivity index (χ0) is 13.8. The molecular weight excluding hydrogens is 244 g/mol. The predicted molar refractivity (Wildman–Crippen MR) is 72.1 cm³/mol. The zero-order valence-electron chi connectivity index (χ0n) is 10.7. The fraction of sp³-hybridized carbons (Fsp3) is 0.286. The number of hydrogen-bond donors (Lipinski definition) is 2. The first-order chi connectivity index (χ1) is 9.13. The molecule has 0 fully saturated rings. The molecule has 0 aliphatic heterocycles. The van der Waals surface area contributed by atoms with Crippen LogP contribution in [-0.4, -0.2) is 23.2 Å². The molecule has 0 saturated carbocycles. The second-order valence-electron chi connectivity index (χ2n) is 4.30. The predicted octanol–water partition coefficient (Wildman–Crippen LogP) is 2.11. The Morgan fingerprint density at radius 1 is 1.47 bits per heavy atom. The maximum absolute atomic E-state index is 10.6. The van der Waals surface area contributed by atoms with E-state index in [2.05, 4.69) is 4.98 Å². The van der Waals surface area contributed by atoms with Gasteiger partial charge >= 0.3 is 5.97 Å². The lowest BCUT2D eigenvalue weighted by molar-refractivity contribution is -0.137. The number of ether oxygens (including phenoxy) is 1. The average molecular weight is 260 g/mol. The van der Waals surface area contributed by atoms with E-state index >= 15 is 0 Å². The van der Waals surface area contributed by atoms with Crippen molar-refractivity contribution in [2.24, 2.45) is 5.73 Å². The molecule has 5 heteroatoms. The van der Waals surface area contributed by atoms with Gasteiger partial charge in [-0.15, -0.1) is 0 Å². The molecule has 2 aromatic rings. The standard InChI is InChI=1S/C14H16N2O3/c1-19-12-4-2-3-10-9(7-8-16-14(10)12)11(15)5-6-13(17)18/h2-4,7-8,11H,5-6,15H2,1H3,(H,17,18). The molecule has 1 unspecified atom stereocenters. The summed E-state index contributed by atoms with van der Waals surface area (Å²) in [7, 11) is 1.59. The Morgan fingerprint density at radius 3 is 2.95 bits per heavy atom. The van der Waals surface area contributed by atoms with Crippen LogP contribution in [0.5, 0.6) is 5.75 Å². The van der Waals surface area contributed by atoms with Crippen molar-refractivity contribution < 1.29 is 14.6 Å². The van der Waals surface area contributed by atoms with Crippen molar-refractivity contribution in [2.75, 3.05) is 7.11 Å². The number of benzene rings is 1. The van der Waals surface area contributed by atoms with Gasteiger partial charge in [-0.1, -0.05) is 12.1 Å². The van der Waals surface area contributed by atoms with Crippen LogP contribution in [0.2, 0.25) is 0 Å². The van der Waals surface area contributed by atoms with Gasteiger partial charge in [-0.25, -0.2) is 0 Å². The van der Waals surface area contributed by atoms with E-state index in [1.807, 2.05) is 24.3 Å². The number of rotatable bonds is 5. The summed E-state index contributed by atoms with van der Waals surface area (Å²) in [6.07, 6.45) is 2.11. The maximum atomic E-state index is 10.6. The molecule has 0 spiro atoms. The fourth-order valence-electron chi connectivity index (χ4n) is 2.09. The molecule has 0 radical (unpaired) electrons. The van der Waals surface area contributed by atoms with Gasteiger partial charge in [-0.05, 0) is 24.1 Å². The SMILES string of the molecule is COc1cccc2c(C(N)CCC(=O)O)ccnc12. The molecule has 0 saturated heterocycles. The lowest BCUT2D eigenvalue weighted by Crippen LogP contribution is -2.13. The molecular formula is C14H16N2O3. The Bertz CT molecular complexity index is 598. The number of pyridine rings is 1. The molecule has 0 amide bonds. The van der Waals surface area contributed by atoms with E-state index in [-0.39, 0.29) is 12.5 Å². The molecule has 1 aromatic heterocycles. The van der Waals surface area contributed by atoms with E-state index in [0.717, 1.165) is 16.5 Å². The van der Waals surface area contributed by atoms with Gasteiger partial charge in [0.15, 0.2) is 0 Å². The highest BCUT2D eigenvalue weighted by Gasteiger charge is 2.13. The van der Waals surface area contributed by atoms with E-state index in [4.69, 9.17) is 15.6 Å².